The molecule has 2 aromatic carbocycles. The van der Waals surface area contributed by atoms with Crippen molar-refractivity contribution in [3.8, 4) is 0 Å². The summed E-state index contributed by atoms with van der Waals surface area (Å²) in [4.78, 5) is 15.2. The van der Waals surface area contributed by atoms with Gasteiger partial charge in [0, 0.05) is 5.69 Å². The lowest BCUT2D eigenvalue weighted by atomic mass is 9.87. The molecule has 0 bridgehead atoms. The van der Waals surface area contributed by atoms with Crippen LogP contribution in [0.15, 0.2) is 62.9 Å². The molecule has 0 saturated heterocycles. The van der Waals surface area contributed by atoms with Crippen LogP contribution in [0.1, 0.15) is 37.7 Å². The van der Waals surface area contributed by atoms with Gasteiger partial charge in [0.1, 0.15) is 5.66 Å². The van der Waals surface area contributed by atoms with Gasteiger partial charge in [-0.3, -0.25) is 4.90 Å². The van der Waals surface area contributed by atoms with Crippen LogP contribution in [-0.4, -0.2) is 31.0 Å². The lowest BCUT2D eigenvalue weighted by Crippen LogP contribution is -2.58. The van der Waals surface area contributed by atoms with Gasteiger partial charge in [0.15, 0.2) is 0 Å². The molecular formula is C22H24N6O2S2. The summed E-state index contributed by atoms with van der Waals surface area (Å²) >= 11 is 1.17. The third-order valence-corrected chi connectivity index (χ3v) is 9.09. The predicted molar refractivity (Wildman–Crippen MR) is 128 cm³/mol. The average molecular weight is 469 g/mol. The molecule has 3 aromatic rings. The van der Waals surface area contributed by atoms with Crippen molar-refractivity contribution < 1.29 is 8.42 Å². The maximum atomic E-state index is 13.0. The first-order chi connectivity index (χ1) is 15.4. The molecule has 5 rings (SSSR count). The first kappa shape index (κ1) is 20.9. The van der Waals surface area contributed by atoms with E-state index in [0.29, 0.717) is 11.5 Å². The second kappa shape index (κ2) is 7.86. The van der Waals surface area contributed by atoms with Crippen molar-refractivity contribution >= 4 is 49.0 Å². The molecule has 1 fully saturated rings. The fourth-order valence-corrected chi connectivity index (χ4v) is 7.19. The molecule has 166 valence electrons. The first-order valence-electron chi connectivity index (χ1n) is 10.5. The van der Waals surface area contributed by atoms with E-state index in [9.17, 15) is 8.42 Å². The summed E-state index contributed by atoms with van der Waals surface area (Å²) in [5.41, 5.74) is 13.9. The van der Waals surface area contributed by atoms with Crippen LogP contribution in [0, 0.1) is 0 Å². The molecular weight excluding hydrogens is 444 g/mol. The highest BCUT2D eigenvalue weighted by Gasteiger charge is 2.42. The Morgan fingerprint density at radius 3 is 2.53 bits per heavy atom. The van der Waals surface area contributed by atoms with Gasteiger partial charge in [-0.25, -0.2) is 18.4 Å². The highest BCUT2D eigenvalue weighted by Crippen LogP contribution is 2.41. The number of aliphatic imine (C=N–C) groups is 2. The first-order valence-corrected chi connectivity index (χ1v) is 13.0. The maximum absolute atomic E-state index is 13.0. The summed E-state index contributed by atoms with van der Waals surface area (Å²) in [6.07, 6.45) is 4.89. The molecule has 0 amide bonds. The number of hydrogen-bond donors (Lipinski definition) is 2. The third kappa shape index (κ3) is 3.73. The van der Waals surface area contributed by atoms with Crippen molar-refractivity contribution in [3.05, 3.63) is 54.1 Å². The summed E-state index contributed by atoms with van der Waals surface area (Å²) in [6.45, 7) is 0. The Bertz CT molecular complexity index is 1320. The zero-order valence-corrected chi connectivity index (χ0v) is 19.1. The van der Waals surface area contributed by atoms with Crippen molar-refractivity contribution in [2.24, 2.45) is 21.5 Å². The van der Waals surface area contributed by atoms with Crippen molar-refractivity contribution in [1.82, 2.24) is 4.98 Å². The highest BCUT2D eigenvalue weighted by molar-refractivity contribution is 7.92. The molecule has 10 heteroatoms. The summed E-state index contributed by atoms with van der Waals surface area (Å²) in [6, 6.07) is 14.8. The largest absolute Gasteiger partial charge is 0.369 e. The van der Waals surface area contributed by atoms with Crippen LogP contribution in [-0.2, 0) is 15.6 Å². The van der Waals surface area contributed by atoms with Gasteiger partial charge in [-0.05, 0) is 49.4 Å². The molecule has 2 aliphatic rings. The molecule has 0 atom stereocenters. The highest BCUT2D eigenvalue weighted by atomic mass is 32.2. The van der Waals surface area contributed by atoms with E-state index in [1.807, 2.05) is 41.3 Å². The maximum Gasteiger partial charge on any atom is 0.220 e. The van der Waals surface area contributed by atoms with Crippen LogP contribution in [0.5, 0.6) is 0 Å². The van der Waals surface area contributed by atoms with E-state index in [1.165, 1.54) is 11.3 Å². The molecule has 1 saturated carbocycles. The molecule has 1 aliphatic carbocycles. The number of hydrogen-bond acceptors (Lipinski definition) is 9. The fraction of sp³-hybridized carbons (Fsp3) is 0.318. The van der Waals surface area contributed by atoms with Gasteiger partial charge < -0.3 is 11.5 Å². The van der Waals surface area contributed by atoms with Gasteiger partial charge in [-0.2, -0.15) is 4.99 Å². The number of anilines is 1. The number of nitrogens with zero attached hydrogens (tertiary/aromatic N) is 4. The number of sulfone groups is 1. The molecule has 1 aromatic heterocycles. The Labute approximate surface area is 190 Å². The number of benzene rings is 2. The van der Waals surface area contributed by atoms with E-state index < -0.39 is 15.5 Å². The van der Waals surface area contributed by atoms with Crippen LogP contribution < -0.4 is 16.4 Å². The zero-order chi connectivity index (χ0) is 22.3. The molecule has 1 spiro atoms. The van der Waals surface area contributed by atoms with Gasteiger partial charge in [0.2, 0.25) is 26.1 Å². The second-order valence-corrected chi connectivity index (χ2v) is 11.4. The summed E-state index contributed by atoms with van der Waals surface area (Å²) in [5, 5.41) is 0. The van der Waals surface area contributed by atoms with Crippen LogP contribution in [0.25, 0.3) is 10.2 Å². The summed E-state index contributed by atoms with van der Waals surface area (Å²) in [7, 11) is -3.55. The fourth-order valence-electron chi connectivity index (χ4n) is 4.51. The second-order valence-electron chi connectivity index (χ2n) is 8.20. The average Bonchev–Trinajstić information content (AvgIpc) is 3.19. The Balaban J connectivity index is 1.52. The Morgan fingerprint density at radius 1 is 1.03 bits per heavy atom. The third-order valence-electron chi connectivity index (χ3n) is 5.93. The SMILES string of the molecule is NC1=NC2(CCCCC2)N(c2ccc3nc(S(=O)(=O)Cc4ccccc4)sc3c2)C(N)=N1. The van der Waals surface area contributed by atoms with Crippen LogP contribution >= 0.6 is 11.3 Å². The van der Waals surface area contributed by atoms with E-state index in [-0.39, 0.29) is 16.1 Å². The van der Waals surface area contributed by atoms with Crippen LogP contribution in [0.3, 0.4) is 0 Å². The quantitative estimate of drug-likeness (QED) is 0.604. The number of aromatic nitrogens is 1. The number of guanidine groups is 2. The lowest BCUT2D eigenvalue weighted by Gasteiger charge is -2.45. The molecule has 4 N–H and O–H groups in total. The van der Waals surface area contributed by atoms with Crippen molar-refractivity contribution in [2.75, 3.05) is 4.90 Å². The predicted octanol–water partition coefficient (Wildman–Crippen LogP) is 3.38. The number of nitrogens with two attached hydrogens (primary N) is 2. The topological polar surface area (TPSA) is 127 Å². The van der Waals surface area contributed by atoms with E-state index >= 15 is 0 Å². The van der Waals surface area contributed by atoms with Gasteiger partial charge in [-0.15, -0.1) is 11.3 Å². The molecule has 32 heavy (non-hydrogen) atoms. The molecule has 0 radical (unpaired) electrons. The minimum Gasteiger partial charge on any atom is -0.369 e. The van der Waals surface area contributed by atoms with Gasteiger partial charge >= 0.3 is 0 Å². The molecule has 0 unspecified atom stereocenters. The zero-order valence-electron chi connectivity index (χ0n) is 17.4. The molecule has 2 heterocycles. The van der Waals surface area contributed by atoms with Crippen molar-refractivity contribution in [1.29, 1.82) is 0 Å². The minimum absolute atomic E-state index is 0.0800. The lowest BCUT2D eigenvalue weighted by molar-refractivity contribution is 0.305. The van der Waals surface area contributed by atoms with E-state index in [4.69, 9.17) is 16.5 Å². The van der Waals surface area contributed by atoms with Crippen molar-refractivity contribution in [2.45, 2.75) is 47.9 Å². The summed E-state index contributed by atoms with van der Waals surface area (Å²) < 4.78 is 26.8. The van der Waals surface area contributed by atoms with Gasteiger partial charge in [-0.1, -0.05) is 36.8 Å². The standard InChI is InChI=1S/C22H24N6O2S2/c23-19-26-20(24)28(22(27-19)11-5-2-6-12-22)16-9-10-17-18(13-16)31-21(25-17)32(29,30)14-15-7-3-1-4-8-15/h1,3-4,7-10,13H,2,5-6,11-12,14H2,(H4,23,24,26,27). The van der Waals surface area contributed by atoms with E-state index in [0.717, 1.165) is 48.1 Å². The Morgan fingerprint density at radius 2 is 1.78 bits per heavy atom. The Hall–Kier alpha value is -2.98. The smallest absolute Gasteiger partial charge is 0.220 e. The molecule has 1 aliphatic heterocycles. The summed E-state index contributed by atoms with van der Waals surface area (Å²) in [5.74, 6) is 0.428. The minimum atomic E-state index is -3.55. The van der Waals surface area contributed by atoms with Crippen LogP contribution in [0.4, 0.5) is 5.69 Å². The van der Waals surface area contributed by atoms with Gasteiger partial charge in [0.05, 0.1) is 16.0 Å². The Kier molecular flexibility index (Phi) is 5.13. The van der Waals surface area contributed by atoms with E-state index in [2.05, 4.69) is 9.98 Å². The normalized spacial score (nSPS) is 18.6. The van der Waals surface area contributed by atoms with Crippen molar-refractivity contribution in [3.63, 3.8) is 0 Å². The van der Waals surface area contributed by atoms with E-state index in [1.54, 1.807) is 12.1 Å². The monoisotopic (exact) mass is 468 g/mol. The van der Waals surface area contributed by atoms with Crippen LogP contribution in [0.2, 0.25) is 0 Å². The molecule has 8 nitrogen and oxygen atoms in total. The van der Waals surface area contributed by atoms with Gasteiger partial charge in [0.25, 0.3) is 0 Å². The number of fused-ring (bicyclic) bond motifs is 1. The number of rotatable bonds is 4. The number of thiazole rings is 1.